The monoisotopic (exact) mass is 429 g/mol. The average molecular weight is 430 g/mol. The largest absolute Gasteiger partial charge is 0.495 e. The van der Waals surface area contributed by atoms with Gasteiger partial charge in [-0.05, 0) is 30.2 Å². The lowest BCUT2D eigenvalue weighted by atomic mass is 10.1. The zero-order chi connectivity index (χ0) is 19.7. The third kappa shape index (κ3) is 4.13. The van der Waals surface area contributed by atoms with E-state index in [4.69, 9.17) is 16.3 Å². The fourth-order valence-electron chi connectivity index (χ4n) is 3.16. The topological polar surface area (TPSA) is 80.8 Å². The Kier molecular flexibility index (Phi) is 5.81. The number of benzene rings is 2. The zero-order valence-electron chi connectivity index (χ0n) is 14.7. The van der Waals surface area contributed by atoms with Crippen LogP contribution in [-0.4, -0.2) is 47.1 Å². The van der Waals surface area contributed by atoms with Gasteiger partial charge in [0.05, 0.1) is 28.0 Å². The van der Waals surface area contributed by atoms with Gasteiger partial charge in [-0.25, -0.2) is 16.8 Å². The van der Waals surface area contributed by atoms with Gasteiger partial charge in [-0.2, -0.15) is 4.31 Å². The summed E-state index contributed by atoms with van der Waals surface area (Å²) < 4.78 is 57.6. The number of nitrogens with zero attached hydrogens (tertiary/aromatic N) is 1. The van der Waals surface area contributed by atoms with Crippen LogP contribution in [0.4, 0.5) is 0 Å². The van der Waals surface area contributed by atoms with E-state index < -0.39 is 25.1 Å². The molecule has 0 amide bonds. The van der Waals surface area contributed by atoms with Crippen molar-refractivity contribution in [3.05, 3.63) is 59.1 Å². The molecule has 1 aliphatic heterocycles. The van der Waals surface area contributed by atoms with E-state index in [9.17, 15) is 16.8 Å². The Morgan fingerprint density at radius 2 is 1.81 bits per heavy atom. The SMILES string of the molecule is COc1ccc(S(=O)(=O)N2CCC(c3ccccc3)S(=O)(=O)CC2)cc1Cl. The summed E-state index contributed by atoms with van der Waals surface area (Å²) in [7, 11) is -5.88. The molecule has 0 aliphatic carbocycles. The molecule has 0 radical (unpaired) electrons. The smallest absolute Gasteiger partial charge is 0.243 e. The van der Waals surface area contributed by atoms with Crippen LogP contribution in [0.2, 0.25) is 5.02 Å². The fraction of sp³-hybridized carbons (Fsp3) is 0.333. The first-order valence-corrected chi connectivity index (χ1v) is 11.9. The lowest BCUT2D eigenvalue weighted by molar-refractivity contribution is 0.414. The van der Waals surface area contributed by atoms with E-state index in [1.165, 1.54) is 29.6 Å². The maximum atomic E-state index is 13.0. The van der Waals surface area contributed by atoms with Crippen molar-refractivity contribution >= 4 is 31.5 Å². The lowest BCUT2D eigenvalue weighted by Crippen LogP contribution is -2.33. The summed E-state index contributed by atoms with van der Waals surface area (Å²) in [6, 6.07) is 13.1. The second-order valence-electron chi connectivity index (χ2n) is 6.26. The molecule has 0 bridgehead atoms. The van der Waals surface area contributed by atoms with Crippen molar-refractivity contribution in [1.82, 2.24) is 4.31 Å². The Hall–Kier alpha value is -1.61. The highest BCUT2D eigenvalue weighted by Gasteiger charge is 2.35. The van der Waals surface area contributed by atoms with Gasteiger partial charge in [0, 0.05) is 13.1 Å². The van der Waals surface area contributed by atoms with Gasteiger partial charge in [0.2, 0.25) is 10.0 Å². The molecule has 1 aliphatic rings. The molecule has 146 valence electrons. The van der Waals surface area contributed by atoms with Crippen molar-refractivity contribution in [2.24, 2.45) is 0 Å². The number of methoxy groups -OCH3 is 1. The van der Waals surface area contributed by atoms with Gasteiger partial charge in [0.25, 0.3) is 0 Å². The van der Waals surface area contributed by atoms with Crippen LogP contribution in [-0.2, 0) is 19.9 Å². The normalized spacial score (nSPS) is 20.7. The van der Waals surface area contributed by atoms with E-state index in [0.29, 0.717) is 11.3 Å². The van der Waals surface area contributed by atoms with Gasteiger partial charge >= 0.3 is 0 Å². The molecule has 0 N–H and O–H groups in total. The van der Waals surface area contributed by atoms with E-state index in [-0.39, 0.29) is 35.2 Å². The molecular formula is C18H20ClNO5S2. The summed E-state index contributed by atoms with van der Waals surface area (Å²) in [5.74, 6) is 0.147. The fourth-order valence-corrected chi connectivity index (χ4v) is 6.88. The minimum Gasteiger partial charge on any atom is -0.495 e. The van der Waals surface area contributed by atoms with Crippen LogP contribution in [0.25, 0.3) is 0 Å². The Morgan fingerprint density at radius 1 is 1.11 bits per heavy atom. The van der Waals surface area contributed by atoms with Crippen molar-refractivity contribution in [1.29, 1.82) is 0 Å². The molecule has 9 heteroatoms. The lowest BCUT2D eigenvalue weighted by Gasteiger charge is -2.20. The molecule has 1 fully saturated rings. The quantitative estimate of drug-likeness (QED) is 0.746. The summed E-state index contributed by atoms with van der Waals surface area (Å²) in [5.41, 5.74) is 0.684. The summed E-state index contributed by atoms with van der Waals surface area (Å²) >= 11 is 6.05. The summed E-state index contributed by atoms with van der Waals surface area (Å²) in [5, 5.41) is -0.526. The van der Waals surface area contributed by atoms with E-state index in [1.54, 1.807) is 24.3 Å². The zero-order valence-corrected chi connectivity index (χ0v) is 17.1. The Morgan fingerprint density at radius 3 is 2.44 bits per heavy atom. The molecule has 2 aromatic carbocycles. The van der Waals surface area contributed by atoms with Crippen LogP contribution in [0.15, 0.2) is 53.4 Å². The van der Waals surface area contributed by atoms with Crippen LogP contribution in [0, 0.1) is 0 Å². The molecule has 0 spiro atoms. The van der Waals surface area contributed by atoms with Crippen molar-refractivity contribution in [3.8, 4) is 5.75 Å². The predicted molar refractivity (Wildman–Crippen MR) is 104 cm³/mol. The Balaban J connectivity index is 1.89. The molecule has 0 saturated carbocycles. The maximum absolute atomic E-state index is 13.0. The third-order valence-electron chi connectivity index (χ3n) is 4.63. The number of halogens is 1. The predicted octanol–water partition coefficient (Wildman–Crippen LogP) is 2.90. The molecule has 3 rings (SSSR count). The summed E-state index contributed by atoms with van der Waals surface area (Å²) in [4.78, 5) is 0.0175. The first kappa shape index (κ1) is 20.1. The van der Waals surface area contributed by atoms with E-state index in [1.807, 2.05) is 6.07 Å². The van der Waals surface area contributed by atoms with Crippen LogP contribution >= 0.6 is 11.6 Å². The van der Waals surface area contributed by atoms with Gasteiger partial charge < -0.3 is 4.74 Å². The van der Waals surface area contributed by atoms with Gasteiger partial charge in [0.1, 0.15) is 5.75 Å². The van der Waals surface area contributed by atoms with Gasteiger partial charge in [-0.1, -0.05) is 41.9 Å². The number of hydrogen-bond acceptors (Lipinski definition) is 5. The number of rotatable bonds is 4. The maximum Gasteiger partial charge on any atom is 0.243 e. The average Bonchev–Trinajstić information content (AvgIpc) is 2.80. The standard InChI is InChI=1S/C18H20ClNO5S2/c1-25-17-8-7-15(13-16(17)19)27(23,24)20-10-9-18(26(21,22)12-11-20)14-5-3-2-4-6-14/h2-8,13,18H,9-12H2,1H3. The number of ether oxygens (including phenoxy) is 1. The van der Waals surface area contributed by atoms with Crippen molar-refractivity contribution < 1.29 is 21.6 Å². The molecule has 1 heterocycles. The van der Waals surface area contributed by atoms with Gasteiger partial charge in [0.15, 0.2) is 9.84 Å². The van der Waals surface area contributed by atoms with Crippen LogP contribution in [0.3, 0.4) is 0 Å². The highest BCUT2D eigenvalue weighted by molar-refractivity contribution is 7.92. The van der Waals surface area contributed by atoms with Crippen LogP contribution in [0.5, 0.6) is 5.75 Å². The molecule has 6 nitrogen and oxygen atoms in total. The second-order valence-corrected chi connectivity index (χ2v) is 10.9. The van der Waals surface area contributed by atoms with E-state index >= 15 is 0 Å². The third-order valence-corrected chi connectivity index (χ3v) is 8.95. The number of hydrogen-bond donors (Lipinski definition) is 0. The highest BCUT2D eigenvalue weighted by atomic mass is 35.5. The van der Waals surface area contributed by atoms with E-state index in [2.05, 4.69) is 0 Å². The van der Waals surface area contributed by atoms with Crippen LogP contribution in [0.1, 0.15) is 17.2 Å². The van der Waals surface area contributed by atoms with Crippen molar-refractivity contribution in [2.45, 2.75) is 16.6 Å². The molecule has 0 aromatic heterocycles. The van der Waals surface area contributed by atoms with Gasteiger partial charge in [-0.3, -0.25) is 0 Å². The molecule has 27 heavy (non-hydrogen) atoms. The van der Waals surface area contributed by atoms with E-state index in [0.717, 1.165) is 0 Å². The highest BCUT2D eigenvalue weighted by Crippen LogP contribution is 2.32. The first-order valence-electron chi connectivity index (χ1n) is 8.36. The second kappa shape index (κ2) is 7.79. The molecule has 2 aromatic rings. The number of sulfonamides is 1. The van der Waals surface area contributed by atoms with Crippen LogP contribution < -0.4 is 4.74 Å². The van der Waals surface area contributed by atoms with Gasteiger partial charge in [-0.15, -0.1) is 0 Å². The van der Waals surface area contributed by atoms with Crippen molar-refractivity contribution in [3.63, 3.8) is 0 Å². The number of sulfone groups is 1. The Bertz CT molecular complexity index is 1020. The molecular weight excluding hydrogens is 410 g/mol. The molecule has 1 atom stereocenters. The molecule has 1 saturated heterocycles. The molecule has 1 unspecified atom stereocenters. The van der Waals surface area contributed by atoms with Crippen molar-refractivity contribution in [2.75, 3.05) is 26.0 Å². The minimum absolute atomic E-state index is 0.0175. The Labute approximate surface area is 164 Å². The first-order chi connectivity index (χ1) is 12.8. The summed E-state index contributed by atoms with van der Waals surface area (Å²) in [6.07, 6.45) is 0.204. The minimum atomic E-state index is -3.86. The summed E-state index contributed by atoms with van der Waals surface area (Å²) in [6.45, 7) is 0.0302.